The van der Waals surface area contributed by atoms with Gasteiger partial charge in [0.25, 0.3) is 0 Å². The first-order chi connectivity index (χ1) is 2.83. The molecule has 0 rings (SSSR count). The number of rotatable bonds is 0. The van der Waals surface area contributed by atoms with Crippen LogP contribution in [0.25, 0.3) is 0 Å². The van der Waals surface area contributed by atoms with Crippen molar-refractivity contribution in [2.45, 2.75) is 13.8 Å². The summed E-state index contributed by atoms with van der Waals surface area (Å²) in [5.74, 6) is 0. The summed E-state index contributed by atoms with van der Waals surface area (Å²) in [6.45, 7) is 3.14. The molecule has 44 valence electrons. The van der Waals surface area contributed by atoms with Crippen LogP contribution in [-0.2, 0) is 0 Å². The first-order valence-corrected chi connectivity index (χ1v) is 1.99. The van der Waals surface area contributed by atoms with Crippen LogP contribution < -0.4 is 10.2 Å². The van der Waals surface area contributed by atoms with Gasteiger partial charge in [-0.15, -0.1) is 13.2 Å². The van der Waals surface area contributed by atoms with E-state index in [1.165, 1.54) is 0 Å². The summed E-state index contributed by atoms with van der Waals surface area (Å²) in [5, 5.41) is 17.9. The van der Waals surface area contributed by atoms with Crippen molar-refractivity contribution in [1.82, 2.24) is 0 Å². The van der Waals surface area contributed by atoms with Gasteiger partial charge in [0.2, 0.25) is 0 Å². The summed E-state index contributed by atoms with van der Waals surface area (Å²) >= 11 is 0. The molecular formula is C4H12CaMgO2. The van der Waals surface area contributed by atoms with E-state index in [1.54, 1.807) is 13.8 Å². The van der Waals surface area contributed by atoms with Gasteiger partial charge in [-0.05, 0) is 0 Å². The van der Waals surface area contributed by atoms with Crippen LogP contribution in [0.2, 0.25) is 0 Å². The van der Waals surface area contributed by atoms with Crippen LogP contribution in [0, 0.1) is 0 Å². The standard InChI is InChI=1S/2C2H5O.Ca.Mg.2H/c2*1-2-3;;;;/h2*2H2,1H3;;;;/q2*-1;2*+2;2*-1. The van der Waals surface area contributed by atoms with Gasteiger partial charge >= 0.3 is 60.8 Å². The molecule has 0 spiro atoms. The first kappa shape index (κ1) is 22.5. The fraction of sp³-hybridized carbons (Fsp3) is 1.00. The summed E-state index contributed by atoms with van der Waals surface area (Å²) in [7, 11) is 0. The second-order valence-corrected chi connectivity index (χ2v) is 0.577. The normalized spacial score (nSPS) is 4.50. The number of hydrogen-bond acceptors (Lipinski definition) is 2. The Morgan fingerprint density at radius 2 is 1.12 bits per heavy atom. The molecular weight excluding hydrogens is 144 g/mol. The zero-order valence-electron chi connectivity index (χ0n) is 7.64. The van der Waals surface area contributed by atoms with E-state index in [0.29, 0.717) is 0 Å². The molecule has 0 bridgehead atoms. The van der Waals surface area contributed by atoms with Crippen LogP contribution in [0.3, 0.4) is 0 Å². The summed E-state index contributed by atoms with van der Waals surface area (Å²) in [6.07, 6.45) is 0. The van der Waals surface area contributed by atoms with Gasteiger partial charge < -0.3 is 13.1 Å². The van der Waals surface area contributed by atoms with Gasteiger partial charge in [0.15, 0.2) is 0 Å². The van der Waals surface area contributed by atoms with Crippen LogP contribution in [0.15, 0.2) is 0 Å². The maximum Gasteiger partial charge on any atom is 2.00 e. The fourth-order valence-corrected chi connectivity index (χ4v) is 0. The average molecular weight is 157 g/mol. The van der Waals surface area contributed by atoms with Crippen LogP contribution in [-0.4, -0.2) is 74.0 Å². The smallest absolute Gasteiger partial charge is 1.00 e. The molecule has 0 aliphatic carbocycles. The summed E-state index contributed by atoms with van der Waals surface area (Å²) < 4.78 is 0. The van der Waals surface area contributed by atoms with E-state index in [9.17, 15) is 0 Å². The molecule has 2 nitrogen and oxygen atoms in total. The van der Waals surface area contributed by atoms with Crippen LogP contribution in [0.5, 0.6) is 0 Å². The Morgan fingerprint density at radius 1 is 1.12 bits per heavy atom. The predicted octanol–water partition coefficient (Wildman–Crippen LogP) is -1.80. The molecule has 0 aliphatic rings. The minimum absolute atomic E-state index is 0. The second kappa shape index (κ2) is 36.3. The molecule has 8 heavy (non-hydrogen) atoms. The molecule has 0 radical (unpaired) electrons. The van der Waals surface area contributed by atoms with Crippen molar-refractivity contribution in [2.75, 3.05) is 13.2 Å². The Bertz CT molecular complexity index is 23.2. The fourth-order valence-electron chi connectivity index (χ4n) is 0. The molecule has 0 aliphatic heterocycles. The molecule has 0 N–H and O–H groups in total. The van der Waals surface area contributed by atoms with Crippen LogP contribution in [0.4, 0.5) is 0 Å². The van der Waals surface area contributed by atoms with Gasteiger partial charge in [-0.2, -0.15) is 0 Å². The molecule has 0 aromatic carbocycles. The monoisotopic (exact) mass is 156 g/mol. The Hall–Kier alpha value is 1.95. The Morgan fingerprint density at radius 3 is 1.12 bits per heavy atom. The summed E-state index contributed by atoms with van der Waals surface area (Å²) in [6, 6.07) is 0. The molecule has 0 saturated carbocycles. The van der Waals surface area contributed by atoms with E-state index >= 15 is 0 Å². The molecule has 0 heterocycles. The summed E-state index contributed by atoms with van der Waals surface area (Å²) in [5.41, 5.74) is 0. The largest absolute Gasteiger partial charge is 2.00 e. The van der Waals surface area contributed by atoms with Crippen molar-refractivity contribution in [3.05, 3.63) is 0 Å². The van der Waals surface area contributed by atoms with Gasteiger partial charge in [0, 0.05) is 0 Å². The Labute approximate surface area is 99.8 Å². The number of hydrogen-bond donors (Lipinski definition) is 0. The Balaban J connectivity index is -0.00000000571. The van der Waals surface area contributed by atoms with Crippen molar-refractivity contribution in [3.63, 3.8) is 0 Å². The molecule has 0 amide bonds. The summed E-state index contributed by atoms with van der Waals surface area (Å²) in [4.78, 5) is 0. The molecule has 0 aromatic rings. The predicted molar refractivity (Wildman–Crippen MR) is 34.8 cm³/mol. The topological polar surface area (TPSA) is 46.1 Å². The molecule has 0 aromatic heterocycles. The van der Waals surface area contributed by atoms with Gasteiger partial charge in [0.05, 0.1) is 0 Å². The maximum absolute atomic E-state index is 8.93. The molecule has 0 atom stereocenters. The van der Waals surface area contributed by atoms with E-state index in [2.05, 4.69) is 0 Å². The van der Waals surface area contributed by atoms with Crippen molar-refractivity contribution in [2.24, 2.45) is 0 Å². The zero-order valence-corrected chi connectivity index (χ0v) is 9.27. The van der Waals surface area contributed by atoms with E-state index in [0.717, 1.165) is 0 Å². The molecule has 0 unspecified atom stereocenters. The SMILES string of the molecule is CC[O-].CC[O-].[Ca+2].[H-].[H-].[Mg+2]. The van der Waals surface area contributed by atoms with Crippen molar-refractivity contribution >= 4 is 60.8 Å². The van der Waals surface area contributed by atoms with Gasteiger partial charge in [-0.25, -0.2) is 0 Å². The third-order valence-electron chi connectivity index (χ3n) is 0. The third-order valence-corrected chi connectivity index (χ3v) is 0. The molecule has 0 saturated heterocycles. The zero-order chi connectivity index (χ0) is 5.41. The van der Waals surface area contributed by atoms with E-state index < -0.39 is 0 Å². The maximum atomic E-state index is 8.93. The second-order valence-electron chi connectivity index (χ2n) is 0.577. The first-order valence-electron chi connectivity index (χ1n) is 1.99. The van der Waals surface area contributed by atoms with Crippen molar-refractivity contribution in [1.29, 1.82) is 0 Å². The quantitative estimate of drug-likeness (QED) is 0.389. The molecule has 0 fully saturated rings. The van der Waals surface area contributed by atoms with E-state index in [-0.39, 0.29) is 76.9 Å². The van der Waals surface area contributed by atoms with Crippen LogP contribution >= 0.6 is 0 Å². The van der Waals surface area contributed by atoms with Crippen LogP contribution in [0.1, 0.15) is 16.7 Å². The van der Waals surface area contributed by atoms with Gasteiger partial charge in [0.1, 0.15) is 0 Å². The van der Waals surface area contributed by atoms with E-state index in [4.69, 9.17) is 10.2 Å². The van der Waals surface area contributed by atoms with Gasteiger partial charge in [-0.3, -0.25) is 0 Å². The van der Waals surface area contributed by atoms with Crippen molar-refractivity contribution < 1.29 is 13.1 Å². The average Bonchev–Trinajstić information content (AvgIpc) is 1.39. The Kier molecular flexibility index (Phi) is 102. The van der Waals surface area contributed by atoms with E-state index in [1.807, 2.05) is 0 Å². The van der Waals surface area contributed by atoms with Crippen molar-refractivity contribution in [3.8, 4) is 0 Å². The van der Waals surface area contributed by atoms with Gasteiger partial charge in [-0.1, -0.05) is 13.8 Å². The third kappa shape index (κ3) is 101. The minimum Gasteiger partial charge on any atom is -1.00 e. The molecule has 4 heteroatoms. The minimum atomic E-state index is 0.